The van der Waals surface area contributed by atoms with E-state index in [1.54, 1.807) is 18.2 Å². The van der Waals surface area contributed by atoms with Crippen molar-refractivity contribution in [1.82, 2.24) is 0 Å². The molecule has 4 aromatic carbocycles. The fourth-order valence-electron chi connectivity index (χ4n) is 2.49. The van der Waals surface area contributed by atoms with E-state index in [1.165, 1.54) is 18.2 Å². The molecule has 4 aromatic rings. The highest BCUT2D eigenvalue weighted by atomic mass is 79.9. The van der Waals surface area contributed by atoms with Crippen molar-refractivity contribution in [2.75, 3.05) is 11.1 Å². The SMILES string of the molecule is Nc1ccc(Br)cc1.O=[N+]([O-])c1ccccc1F.O=[N+]([O-])c1ccccc1Nc1ccc(Br)cc1. The zero-order chi connectivity index (χ0) is 25.8. The van der Waals surface area contributed by atoms with Crippen molar-refractivity contribution < 1.29 is 14.2 Å². The molecule has 0 radical (unpaired) electrons. The van der Waals surface area contributed by atoms with Gasteiger partial charge < -0.3 is 11.1 Å². The standard InChI is InChI=1S/C12H9BrN2O2.C6H6BrN.C6H4FNO2/c13-9-5-7-10(8-6-9)14-11-3-1-2-4-12(11)15(16)17;7-5-1-3-6(8)4-2-5;7-5-3-1-2-4-6(5)8(9)10/h1-8,14H;1-4H,8H2;1-4H. The normalized spacial score (nSPS) is 9.57. The topological polar surface area (TPSA) is 124 Å². The van der Waals surface area contributed by atoms with E-state index >= 15 is 0 Å². The summed E-state index contributed by atoms with van der Waals surface area (Å²) in [6.45, 7) is 0. The molecule has 0 fully saturated rings. The number of nitrogens with one attached hydrogen (secondary N) is 1. The first kappa shape index (κ1) is 27.4. The van der Waals surface area contributed by atoms with Gasteiger partial charge in [0, 0.05) is 32.5 Å². The monoisotopic (exact) mass is 604 g/mol. The number of nitro benzene ring substituents is 2. The summed E-state index contributed by atoms with van der Waals surface area (Å²) >= 11 is 6.62. The van der Waals surface area contributed by atoms with Crippen LogP contribution in [-0.2, 0) is 0 Å². The average molecular weight is 606 g/mol. The summed E-state index contributed by atoms with van der Waals surface area (Å²) in [4.78, 5) is 19.7. The maximum Gasteiger partial charge on any atom is 0.304 e. The van der Waals surface area contributed by atoms with Gasteiger partial charge in [-0.3, -0.25) is 20.2 Å². The molecule has 4 rings (SSSR count). The number of nitrogens with zero attached hydrogens (tertiary/aromatic N) is 2. The van der Waals surface area contributed by atoms with E-state index in [9.17, 15) is 24.6 Å². The summed E-state index contributed by atoms with van der Waals surface area (Å²) < 4.78 is 14.4. The number of benzene rings is 4. The number of rotatable bonds is 4. The lowest BCUT2D eigenvalue weighted by molar-refractivity contribution is -0.387. The lowest BCUT2D eigenvalue weighted by Gasteiger charge is -2.06. The highest BCUT2D eigenvalue weighted by Gasteiger charge is 2.12. The molecule has 11 heteroatoms. The number of para-hydroxylation sites is 3. The number of hydrogen-bond donors (Lipinski definition) is 2. The van der Waals surface area contributed by atoms with Gasteiger partial charge in [0.1, 0.15) is 5.69 Å². The highest BCUT2D eigenvalue weighted by molar-refractivity contribution is 9.10. The third kappa shape index (κ3) is 9.51. The van der Waals surface area contributed by atoms with Crippen LogP contribution in [0.25, 0.3) is 0 Å². The third-order valence-electron chi connectivity index (χ3n) is 4.14. The highest BCUT2D eigenvalue weighted by Crippen LogP contribution is 2.27. The number of halogens is 3. The van der Waals surface area contributed by atoms with Gasteiger partial charge in [-0.05, 0) is 60.7 Å². The zero-order valence-electron chi connectivity index (χ0n) is 18.0. The molecule has 180 valence electrons. The average Bonchev–Trinajstić information content (AvgIpc) is 2.84. The van der Waals surface area contributed by atoms with Crippen molar-refractivity contribution in [3.05, 3.63) is 132 Å². The molecule has 0 amide bonds. The van der Waals surface area contributed by atoms with Gasteiger partial charge in [0.05, 0.1) is 9.85 Å². The molecular formula is C24H19Br2FN4O4. The van der Waals surface area contributed by atoms with Gasteiger partial charge in [0.25, 0.3) is 5.69 Å². The first-order valence-corrected chi connectivity index (χ1v) is 11.4. The molecule has 0 aliphatic rings. The maximum atomic E-state index is 12.4. The van der Waals surface area contributed by atoms with Crippen molar-refractivity contribution in [3.8, 4) is 0 Å². The fraction of sp³-hybridized carbons (Fsp3) is 0. The van der Waals surface area contributed by atoms with Crippen molar-refractivity contribution >= 4 is 60.3 Å². The van der Waals surface area contributed by atoms with Crippen LogP contribution in [0.15, 0.2) is 106 Å². The minimum absolute atomic E-state index is 0.0652. The number of nitrogen functional groups attached to an aromatic ring is 1. The van der Waals surface area contributed by atoms with Crippen LogP contribution in [0.1, 0.15) is 0 Å². The Balaban J connectivity index is 0.000000204. The second kappa shape index (κ2) is 13.8. The van der Waals surface area contributed by atoms with Crippen LogP contribution in [0.5, 0.6) is 0 Å². The fourth-order valence-corrected chi connectivity index (χ4v) is 3.02. The molecule has 0 atom stereocenters. The molecule has 0 aromatic heterocycles. The molecule has 0 bridgehead atoms. The Morgan fingerprint density at radius 2 is 1.14 bits per heavy atom. The number of nitro groups is 2. The Kier molecular flexibility index (Phi) is 10.8. The molecule has 35 heavy (non-hydrogen) atoms. The minimum atomic E-state index is -0.799. The van der Waals surface area contributed by atoms with Crippen LogP contribution in [0.3, 0.4) is 0 Å². The Labute approximate surface area is 217 Å². The molecule has 3 N–H and O–H groups in total. The first-order chi connectivity index (χ1) is 16.7. The Morgan fingerprint density at radius 1 is 0.686 bits per heavy atom. The predicted octanol–water partition coefficient (Wildman–Crippen LogP) is 7.87. The van der Waals surface area contributed by atoms with E-state index < -0.39 is 21.4 Å². The van der Waals surface area contributed by atoms with Crippen molar-refractivity contribution in [2.45, 2.75) is 0 Å². The van der Waals surface area contributed by atoms with Crippen LogP contribution in [0, 0.1) is 26.0 Å². The summed E-state index contributed by atoms with van der Waals surface area (Å²) in [6.07, 6.45) is 0. The molecular weight excluding hydrogens is 587 g/mol. The van der Waals surface area contributed by atoms with Crippen LogP contribution in [0.2, 0.25) is 0 Å². The summed E-state index contributed by atoms with van der Waals surface area (Å²) in [7, 11) is 0. The Hall–Kier alpha value is -3.83. The van der Waals surface area contributed by atoms with Crippen LogP contribution >= 0.6 is 31.9 Å². The summed E-state index contributed by atoms with van der Waals surface area (Å²) in [6, 6.07) is 26.5. The molecule has 0 aliphatic heterocycles. The number of anilines is 3. The van der Waals surface area contributed by atoms with Gasteiger partial charge in [0.2, 0.25) is 5.82 Å². The van der Waals surface area contributed by atoms with E-state index in [2.05, 4.69) is 37.2 Å². The largest absolute Gasteiger partial charge is 0.399 e. The summed E-state index contributed by atoms with van der Waals surface area (Å²) in [5, 5.41) is 23.8. The number of hydrogen-bond acceptors (Lipinski definition) is 6. The molecule has 0 saturated heterocycles. The van der Waals surface area contributed by atoms with Gasteiger partial charge in [0.15, 0.2) is 0 Å². The van der Waals surface area contributed by atoms with E-state index in [-0.39, 0.29) is 5.69 Å². The lowest BCUT2D eigenvalue weighted by Crippen LogP contribution is -1.96. The summed E-state index contributed by atoms with van der Waals surface area (Å²) in [5.41, 5.74) is 7.08. The van der Waals surface area contributed by atoms with Gasteiger partial charge in [-0.25, -0.2) is 0 Å². The Bertz CT molecular complexity index is 1250. The van der Waals surface area contributed by atoms with E-state index in [1.807, 2.05) is 48.5 Å². The second-order valence-electron chi connectivity index (χ2n) is 6.67. The van der Waals surface area contributed by atoms with Gasteiger partial charge in [-0.1, -0.05) is 56.1 Å². The van der Waals surface area contributed by atoms with Crippen molar-refractivity contribution in [1.29, 1.82) is 0 Å². The maximum absolute atomic E-state index is 12.4. The third-order valence-corrected chi connectivity index (χ3v) is 5.20. The molecule has 0 saturated carbocycles. The quantitative estimate of drug-likeness (QED) is 0.138. The van der Waals surface area contributed by atoms with Crippen LogP contribution < -0.4 is 11.1 Å². The van der Waals surface area contributed by atoms with Crippen LogP contribution in [-0.4, -0.2) is 9.85 Å². The lowest BCUT2D eigenvalue weighted by atomic mass is 10.2. The van der Waals surface area contributed by atoms with Gasteiger partial charge >= 0.3 is 5.69 Å². The van der Waals surface area contributed by atoms with E-state index in [4.69, 9.17) is 5.73 Å². The predicted molar refractivity (Wildman–Crippen MR) is 142 cm³/mol. The van der Waals surface area contributed by atoms with Gasteiger partial charge in [-0.15, -0.1) is 0 Å². The zero-order valence-corrected chi connectivity index (χ0v) is 21.1. The molecule has 0 aliphatic carbocycles. The number of nitrogens with two attached hydrogens (primary N) is 1. The first-order valence-electron chi connectivity index (χ1n) is 9.83. The van der Waals surface area contributed by atoms with Crippen molar-refractivity contribution in [2.24, 2.45) is 0 Å². The van der Waals surface area contributed by atoms with E-state index in [0.29, 0.717) is 5.69 Å². The molecule has 0 heterocycles. The summed E-state index contributed by atoms with van der Waals surface area (Å²) in [5.74, 6) is -0.799. The second-order valence-corrected chi connectivity index (χ2v) is 8.50. The van der Waals surface area contributed by atoms with Gasteiger partial charge in [-0.2, -0.15) is 4.39 Å². The minimum Gasteiger partial charge on any atom is -0.399 e. The van der Waals surface area contributed by atoms with E-state index in [0.717, 1.165) is 32.5 Å². The smallest absolute Gasteiger partial charge is 0.304 e. The molecule has 8 nitrogen and oxygen atoms in total. The van der Waals surface area contributed by atoms with Crippen LogP contribution in [0.4, 0.5) is 32.8 Å². The molecule has 0 unspecified atom stereocenters. The Morgan fingerprint density at radius 3 is 1.60 bits per heavy atom. The molecule has 0 spiro atoms. The van der Waals surface area contributed by atoms with Crippen molar-refractivity contribution in [3.63, 3.8) is 0 Å².